The van der Waals surface area contributed by atoms with Crippen molar-refractivity contribution >= 4 is 24.8 Å². The van der Waals surface area contributed by atoms with Gasteiger partial charge in [-0.2, -0.15) is 0 Å². The molecule has 0 aromatic carbocycles. The fourth-order valence-electron chi connectivity index (χ4n) is 0.874. The van der Waals surface area contributed by atoms with E-state index in [1.165, 1.54) is 25.7 Å². The minimum atomic E-state index is 0. The van der Waals surface area contributed by atoms with Gasteiger partial charge in [-0.15, -0.1) is 24.8 Å². The molecule has 0 saturated carbocycles. The zero-order chi connectivity index (χ0) is 5.66. The Morgan fingerprint density at radius 2 is 1.09 bits per heavy atom. The van der Waals surface area contributed by atoms with Gasteiger partial charge in [-0.05, 0) is 25.7 Å². The number of allylic oxidation sites excluding steroid dienone is 4. The molecule has 0 radical (unpaired) electrons. The molecule has 1 aliphatic rings. The molecule has 0 spiro atoms. The van der Waals surface area contributed by atoms with Crippen LogP contribution in [0.5, 0.6) is 0 Å². The summed E-state index contributed by atoms with van der Waals surface area (Å²) in [5.41, 5.74) is 0. The zero-order valence-corrected chi connectivity index (χ0v) is 9.68. The molecule has 11 heavy (non-hydrogen) atoms. The second kappa shape index (κ2) is 13.3. The summed E-state index contributed by atoms with van der Waals surface area (Å²) in [4.78, 5) is 0. The summed E-state index contributed by atoms with van der Waals surface area (Å²) >= 11 is 0. The van der Waals surface area contributed by atoms with E-state index in [0.717, 1.165) is 0 Å². The zero-order valence-electron chi connectivity index (χ0n) is 6.31. The van der Waals surface area contributed by atoms with Crippen LogP contribution in [0.1, 0.15) is 25.7 Å². The van der Waals surface area contributed by atoms with E-state index in [0.29, 0.717) is 0 Å². The minimum absolute atomic E-state index is 0. The van der Waals surface area contributed by atoms with Gasteiger partial charge in [0.1, 0.15) is 0 Å². The summed E-state index contributed by atoms with van der Waals surface area (Å²) in [5, 5.41) is 0. The van der Waals surface area contributed by atoms with E-state index in [1.807, 2.05) is 0 Å². The Morgan fingerprint density at radius 3 is 1.45 bits per heavy atom. The van der Waals surface area contributed by atoms with E-state index < -0.39 is 0 Å². The van der Waals surface area contributed by atoms with Crippen LogP contribution in [0.4, 0.5) is 0 Å². The molecule has 0 amide bonds. The Labute approximate surface area is 94.1 Å². The van der Waals surface area contributed by atoms with Crippen LogP contribution in [0.15, 0.2) is 24.3 Å². The third-order valence-electron chi connectivity index (χ3n) is 1.37. The number of rotatable bonds is 0. The van der Waals surface area contributed by atoms with E-state index in [-0.39, 0.29) is 44.3 Å². The molecule has 3 heteroatoms. The molecule has 0 bridgehead atoms. The molecule has 0 aromatic heterocycles. The maximum Gasteiger partial charge on any atom is 0 e. The molecule has 68 valence electrons. The monoisotopic (exact) mass is 282 g/mol. The van der Waals surface area contributed by atoms with Gasteiger partial charge in [0.2, 0.25) is 0 Å². The van der Waals surface area contributed by atoms with Crippen molar-refractivity contribution in [1.82, 2.24) is 0 Å². The minimum Gasteiger partial charge on any atom is -0.147 e. The largest absolute Gasteiger partial charge is 0.147 e. The van der Waals surface area contributed by atoms with Crippen molar-refractivity contribution in [2.24, 2.45) is 0 Å². The van der Waals surface area contributed by atoms with Crippen LogP contribution in [0, 0.1) is 0 Å². The first-order valence-corrected chi connectivity index (χ1v) is 3.32. The van der Waals surface area contributed by atoms with Crippen molar-refractivity contribution in [1.29, 1.82) is 0 Å². The van der Waals surface area contributed by atoms with E-state index in [2.05, 4.69) is 24.3 Å². The number of halogens is 2. The molecule has 0 unspecified atom stereocenters. The van der Waals surface area contributed by atoms with Crippen LogP contribution in [0.3, 0.4) is 0 Å². The third kappa shape index (κ3) is 10.7. The summed E-state index contributed by atoms with van der Waals surface area (Å²) in [7, 11) is 0. The van der Waals surface area contributed by atoms with Crippen molar-refractivity contribution in [2.75, 3.05) is 0 Å². The van der Waals surface area contributed by atoms with Crippen molar-refractivity contribution in [2.45, 2.75) is 25.7 Å². The van der Waals surface area contributed by atoms with Crippen molar-refractivity contribution in [3.8, 4) is 0 Å². The molecule has 0 atom stereocenters. The number of hydrogen-bond donors (Lipinski definition) is 0. The smallest absolute Gasteiger partial charge is 0 e. The number of hydrogen-bond acceptors (Lipinski definition) is 0. The molecular weight excluding hydrogens is 268 g/mol. The van der Waals surface area contributed by atoms with Crippen LogP contribution < -0.4 is 0 Å². The van der Waals surface area contributed by atoms with E-state index in [4.69, 9.17) is 0 Å². The van der Waals surface area contributed by atoms with Crippen LogP contribution in [-0.2, 0) is 19.5 Å². The molecule has 0 heterocycles. The Kier molecular flexibility index (Phi) is 21.4. The fraction of sp³-hybridized carbons (Fsp3) is 0.500. The summed E-state index contributed by atoms with van der Waals surface area (Å²) in [5.74, 6) is 0. The average Bonchev–Trinajstić information content (AvgIpc) is 1.62. The van der Waals surface area contributed by atoms with Gasteiger partial charge in [-0.3, -0.25) is 0 Å². The predicted molar refractivity (Wildman–Crippen MR) is 51.2 cm³/mol. The quantitative estimate of drug-likeness (QED) is 0.596. The first-order valence-electron chi connectivity index (χ1n) is 3.32. The van der Waals surface area contributed by atoms with E-state index in [1.54, 1.807) is 0 Å². The molecule has 0 aromatic rings. The summed E-state index contributed by atoms with van der Waals surface area (Å²) in [6.45, 7) is 0. The standard InChI is InChI=1S/C8H12.2ClH.Ru/c1-2-4-6-8-7-5-3-1;;;/h1-4H,5-8H2;2*1H;. The molecule has 0 N–H and O–H groups in total. The van der Waals surface area contributed by atoms with Gasteiger partial charge >= 0.3 is 0 Å². The molecule has 0 nitrogen and oxygen atoms in total. The van der Waals surface area contributed by atoms with Gasteiger partial charge < -0.3 is 0 Å². The van der Waals surface area contributed by atoms with Crippen LogP contribution in [0.2, 0.25) is 0 Å². The van der Waals surface area contributed by atoms with Gasteiger partial charge in [-0.25, -0.2) is 0 Å². The summed E-state index contributed by atoms with van der Waals surface area (Å²) < 4.78 is 0. The summed E-state index contributed by atoms with van der Waals surface area (Å²) in [6, 6.07) is 0. The SMILES string of the molecule is C1=CCCCCC=C1.Cl.Cl.[Ru]. The molecule has 0 aliphatic heterocycles. The fourth-order valence-corrected chi connectivity index (χ4v) is 0.874. The maximum absolute atomic E-state index is 2.23. The van der Waals surface area contributed by atoms with Gasteiger partial charge in [0.25, 0.3) is 0 Å². The summed E-state index contributed by atoms with van der Waals surface area (Å²) in [6.07, 6.45) is 14.0. The first-order chi connectivity index (χ1) is 4.00. The molecular formula is C8H14Cl2Ru. The topological polar surface area (TPSA) is 0 Å². The maximum atomic E-state index is 2.23. The molecule has 0 fully saturated rings. The van der Waals surface area contributed by atoms with Gasteiger partial charge in [0.15, 0.2) is 0 Å². The second-order valence-corrected chi connectivity index (χ2v) is 2.14. The van der Waals surface area contributed by atoms with Crippen LogP contribution >= 0.6 is 24.8 Å². The Hall–Kier alpha value is 0.683. The van der Waals surface area contributed by atoms with E-state index >= 15 is 0 Å². The first kappa shape index (κ1) is 17.7. The Balaban J connectivity index is -0.000000213. The van der Waals surface area contributed by atoms with Crippen molar-refractivity contribution < 1.29 is 19.5 Å². The van der Waals surface area contributed by atoms with Gasteiger partial charge in [-0.1, -0.05) is 24.3 Å². The van der Waals surface area contributed by atoms with Crippen LogP contribution in [-0.4, -0.2) is 0 Å². The van der Waals surface area contributed by atoms with E-state index in [9.17, 15) is 0 Å². The van der Waals surface area contributed by atoms with Crippen molar-refractivity contribution in [3.05, 3.63) is 24.3 Å². The predicted octanol–water partition coefficient (Wildman–Crippen LogP) is 3.51. The van der Waals surface area contributed by atoms with Gasteiger partial charge in [0.05, 0.1) is 0 Å². The van der Waals surface area contributed by atoms with Crippen LogP contribution in [0.25, 0.3) is 0 Å². The molecule has 0 saturated heterocycles. The van der Waals surface area contributed by atoms with Crippen molar-refractivity contribution in [3.63, 3.8) is 0 Å². The van der Waals surface area contributed by atoms with Gasteiger partial charge in [0, 0.05) is 19.5 Å². The normalized spacial score (nSPS) is 14.5. The third-order valence-corrected chi connectivity index (χ3v) is 1.37. The molecule has 1 rings (SSSR count). The second-order valence-electron chi connectivity index (χ2n) is 2.14. The molecule has 1 aliphatic carbocycles. The Morgan fingerprint density at radius 1 is 0.727 bits per heavy atom. The Bertz CT molecular complexity index is 96.7. The average molecular weight is 282 g/mol.